The van der Waals surface area contributed by atoms with Crippen molar-refractivity contribution in [1.82, 2.24) is 10.2 Å². The van der Waals surface area contributed by atoms with Gasteiger partial charge in [0.25, 0.3) is 5.91 Å². The van der Waals surface area contributed by atoms with E-state index in [-0.39, 0.29) is 16.8 Å². The first-order chi connectivity index (χ1) is 12.4. The molecule has 0 fully saturated rings. The van der Waals surface area contributed by atoms with Crippen LogP contribution in [0.4, 0.5) is 0 Å². The molecular weight excluding hydrogens is 348 g/mol. The van der Waals surface area contributed by atoms with Crippen LogP contribution < -0.4 is 5.32 Å². The maximum absolute atomic E-state index is 12.5. The van der Waals surface area contributed by atoms with Crippen molar-refractivity contribution in [2.75, 3.05) is 25.9 Å². The number of hydrogen-bond donors (Lipinski definition) is 1. The second kappa shape index (κ2) is 8.96. The predicted octanol–water partition coefficient (Wildman–Crippen LogP) is 2.90. The van der Waals surface area contributed by atoms with Gasteiger partial charge in [-0.1, -0.05) is 50.2 Å². The predicted molar refractivity (Wildman–Crippen MR) is 104 cm³/mol. The first-order valence-electron chi connectivity index (χ1n) is 8.74. The number of sulfone groups is 1. The highest BCUT2D eigenvalue weighted by molar-refractivity contribution is 7.90. The molecule has 1 N–H and O–H groups in total. The van der Waals surface area contributed by atoms with Crippen molar-refractivity contribution in [1.29, 1.82) is 0 Å². The summed E-state index contributed by atoms with van der Waals surface area (Å²) in [7, 11) is -3.34. The van der Waals surface area contributed by atoms with Crippen LogP contribution in [0.1, 0.15) is 35.8 Å². The summed E-state index contributed by atoms with van der Waals surface area (Å²) in [5, 5.41) is 2.95. The number of hydrogen-bond acceptors (Lipinski definition) is 4. The largest absolute Gasteiger partial charge is 0.350 e. The molecule has 2 rings (SSSR count). The monoisotopic (exact) mass is 374 g/mol. The summed E-state index contributed by atoms with van der Waals surface area (Å²) >= 11 is 0. The minimum Gasteiger partial charge on any atom is -0.350 e. The van der Waals surface area contributed by atoms with E-state index in [0.29, 0.717) is 12.1 Å². The molecule has 0 aliphatic carbocycles. The third kappa shape index (κ3) is 5.16. The quantitative estimate of drug-likeness (QED) is 0.771. The van der Waals surface area contributed by atoms with Crippen LogP contribution in [-0.4, -0.2) is 45.1 Å². The fourth-order valence-corrected chi connectivity index (χ4v) is 3.62. The summed E-state index contributed by atoms with van der Waals surface area (Å²) in [6.07, 6.45) is 1.13. The number of carbonyl (C=O) groups excluding carboxylic acids is 1. The zero-order valence-electron chi connectivity index (χ0n) is 15.5. The maximum atomic E-state index is 12.5. The van der Waals surface area contributed by atoms with Crippen LogP contribution in [0.25, 0.3) is 0 Å². The Bertz CT molecular complexity index is 831. The highest BCUT2D eigenvalue weighted by Gasteiger charge is 2.19. The van der Waals surface area contributed by atoms with E-state index in [4.69, 9.17) is 0 Å². The lowest BCUT2D eigenvalue weighted by Gasteiger charge is -2.30. The van der Waals surface area contributed by atoms with Crippen LogP contribution in [0, 0.1) is 0 Å². The molecule has 2 aromatic rings. The first kappa shape index (κ1) is 20.1. The third-order valence-corrected chi connectivity index (χ3v) is 5.53. The Labute approximate surface area is 156 Å². The summed E-state index contributed by atoms with van der Waals surface area (Å²) in [5.74, 6) is -0.274. The van der Waals surface area contributed by atoms with E-state index in [1.807, 2.05) is 18.2 Å². The van der Waals surface area contributed by atoms with Gasteiger partial charge in [-0.3, -0.25) is 9.69 Å². The molecule has 0 aliphatic rings. The van der Waals surface area contributed by atoms with E-state index in [0.717, 1.165) is 24.9 Å². The third-order valence-electron chi connectivity index (χ3n) is 4.42. The molecule has 2 aromatic carbocycles. The highest BCUT2D eigenvalue weighted by Crippen LogP contribution is 2.20. The van der Waals surface area contributed by atoms with Gasteiger partial charge in [0.05, 0.1) is 10.9 Å². The number of rotatable bonds is 8. The first-order valence-corrected chi connectivity index (χ1v) is 10.6. The summed E-state index contributed by atoms with van der Waals surface area (Å²) in [6.45, 7) is 6.38. The van der Waals surface area contributed by atoms with Gasteiger partial charge in [0.1, 0.15) is 0 Å². The summed E-state index contributed by atoms with van der Waals surface area (Å²) < 4.78 is 23.4. The van der Waals surface area contributed by atoms with Gasteiger partial charge >= 0.3 is 0 Å². The lowest BCUT2D eigenvalue weighted by Crippen LogP contribution is -2.38. The lowest BCUT2D eigenvalue weighted by molar-refractivity contribution is 0.0934. The summed E-state index contributed by atoms with van der Waals surface area (Å²) in [4.78, 5) is 15.0. The molecule has 0 heterocycles. The Balaban J connectivity index is 2.17. The number of likely N-dealkylation sites (N-methyl/N-ethyl adjacent to an activating group) is 1. The van der Waals surface area contributed by atoms with Gasteiger partial charge in [0, 0.05) is 18.4 Å². The molecule has 1 atom stereocenters. The number of carbonyl (C=O) groups is 1. The lowest BCUT2D eigenvalue weighted by atomic mass is 10.0. The Morgan fingerprint density at radius 1 is 1.04 bits per heavy atom. The molecule has 0 aliphatic heterocycles. The van der Waals surface area contributed by atoms with Gasteiger partial charge in [-0.05, 0) is 36.9 Å². The van der Waals surface area contributed by atoms with Crippen molar-refractivity contribution >= 4 is 15.7 Å². The van der Waals surface area contributed by atoms with Gasteiger partial charge in [0.15, 0.2) is 9.84 Å². The fraction of sp³-hybridized carbons (Fsp3) is 0.350. The van der Waals surface area contributed by atoms with Gasteiger partial charge in [-0.2, -0.15) is 0 Å². The van der Waals surface area contributed by atoms with E-state index in [1.54, 1.807) is 12.1 Å². The number of nitrogens with one attached hydrogen (secondary N) is 1. The molecule has 6 heteroatoms. The second-order valence-corrected chi connectivity index (χ2v) is 8.17. The molecule has 1 amide bonds. The SMILES string of the molecule is CCN(CC)[C@@H](CNC(=O)c1cccc(S(C)(=O)=O)c1)c1ccccc1. The minimum atomic E-state index is -3.34. The number of benzene rings is 2. The van der Waals surface area contributed by atoms with Crippen molar-refractivity contribution in [3.8, 4) is 0 Å². The van der Waals surface area contributed by atoms with Crippen LogP contribution in [-0.2, 0) is 9.84 Å². The molecule has 0 spiro atoms. The van der Waals surface area contributed by atoms with Crippen molar-refractivity contribution in [3.05, 3.63) is 65.7 Å². The summed E-state index contributed by atoms with van der Waals surface area (Å²) in [5.41, 5.74) is 1.49. The normalized spacial score (nSPS) is 12.8. The molecule has 0 radical (unpaired) electrons. The van der Waals surface area contributed by atoms with Crippen LogP contribution in [0.5, 0.6) is 0 Å². The topological polar surface area (TPSA) is 66.5 Å². The van der Waals surface area contributed by atoms with E-state index < -0.39 is 9.84 Å². The minimum absolute atomic E-state index is 0.0632. The average Bonchev–Trinajstić information content (AvgIpc) is 2.65. The molecular formula is C20H26N2O3S. The molecule has 0 unspecified atom stereocenters. The van der Waals surface area contributed by atoms with Crippen LogP contribution in [0.2, 0.25) is 0 Å². The Morgan fingerprint density at radius 2 is 1.69 bits per heavy atom. The highest BCUT2D eigenvalue weighted by atomic mass is 32.2. The molecule has 0 saturated carbocycles. The smallest absolute Gasteiger partial charge is 0.251 e. The number of nitrogens with zero attached hydrogens (tertiary/aromatic N) is 1. The molecule has 0 aromatic heterocycles. The van der Waals surface area contributed by atoms with E-state index >= 15 is 0 Å². The van der Waals surface area contributed by atoms with Crippen molar-refractivity contribution in [2.24, 2.45) is 0 Å². The van der Waals surface area contributed by atoms with Crippen molar-refractivity contribution < 1.29 is 13.2 Å². The van der Waals surface area contributed by atoms with E-state index in [1.165, 1.54) is 12.1 Å². The van der Waals surface area contributed by atoms with Gasteiger partial charge < -0.3 is 5.32 Å². The Morgan fingerprint density at radius 3 is 2.27 bits per heavy atom. The molecule has 5 nitrogen and oxygen atoms in total. The van der Waals surface area contributed by atoms with Crippen LogP contribution >= 0.6 is 0 Å². The summed E-state index contributed by atoms with van der Waals surface area (Å²) in [6, 6.07) is 16.2. The average molecular weight is 375 g/mol. The van der Waals surface area contributed by atoms with Crippen molar-refractivity contribution in [3.63, 3.8) is 0 Å². The van der Waals surface area contributed by atoms with Gasteiger partial charge in [0.2, 0.25) is 0 Å². The molecule has 26 heavy (non-hydrogen) atoms. The second-order valence-electron chi connectivity index (χ2n) is 6.16. The Kier molecular flexibility index (Phi) is 6.94. The number of amides is 1. The maximum Gasteiger partial charge on any atom is 0.251 e. The zero-order valence-corrected chi connectivity index (χ0v) is 16.3. The van der Waals surface area contributed by atoms with Gasteiger partial charge in [-0.25, -0.2) is 8.42 Å². The molecule has 0 bridgehead atoms. The van der Waals surface area contributed by atoms with Gasteiger partial charge in [-0.15, -0.1) is 0 Å². The molecule has 0 saturated heterocycles. The Hall–Kier alpha value is -2.18. The molecule has 140 valence electrons. The standard InChI is InChI=1S/C20H26N2O3S/c1-4-22(5-2)19(16-10-7-6-8-11-16)15-21-20(23)17-12-9-13-18(14-17)26(3,24)25/h6-14,19H,4-5,15H2,1-3H3,(H,21,23)/t19-/m0/s1. The fourth-order valence-electron chi connectivity index (χ4n) is 2.96. The van der Waals surface area contributed by atoms with Crippen LogP contribution in [0.15, 0.2) is 59.5 Å². The van der Waals surface area contributed by atoms with E-state index in [9.17, 15) is 13.2 Å². The van der Waals surface area contributed by atoms with E-state index in [2.05, 4.69) is 36.2 Å². The van der Waals surface area contributed by atoms with Crippen LogP contribution in [0.3, 0.4) is 0 Å². The zero-order chi connectivity index (χ0) is 19.2. The van der Waals surface area contributed by atoms with Crippen molar-refractivity contribution in [2.45, 2.75) is 24.8 Å².